The van der Waals surface area contributed by atoms with Crippen molar-refractivity contribution < 1.29 is 14.3 Å². The SMILES string of the molecule is O=C(Nc1ccnn1C1CCN(C[C@H]2CC=CCC2)CC1)c1ccc2c(c1)OCO2. The molecule has 0 radical (unpaired) electrons. The molecule has 1 saturated heterocycles. The van der Waals surface area contributed by atoms with Gasteiger partial charge in [-0.3, -0.25) is 4.79 Å². The molecule has 0 spiro atoms. The number of ether oxygens (including phenoxy) is 2. The summed E-state index contributed by atoms with van der Waals surface area (Å²) in [6.07, 6.45) is 12.3. The molecule has 158 valence electrons. The van der Waals surface area contributed by atoms with E-state index in [9.17, 15) is 4.79 Å². The number of fused-ring (bicyclic) bond motifs is 1. The zero-order valence-corrected chi connectivity index (χ0v) is 17.1. The Balaban J connectivity index is 1.19. The van der Waals surface area contributed by atoms with Gasteiger partial charge in [0.05, 0.1) is 12.2 Å². The van der Waals surface area contributed by atoms with Crippen molar-refractivity contribution in [1.29, 1.82) is 0 Å². The molecule has 1 atom stereocenters. The summed E-state index contributed by atoms with van der Waals surface area (Å²) in [5.41, 5.74) is 0.545. The molecule has 5 rings (SSSR count). The predicted octanol–water partition coefficient (Wildman–Crippen LogP) is 3.86. The van der Waals surface area contributed by atoms with Crippen molar-refractivity contribution in [3.63, 3.8) is 0 Å². The first-order chi connectivity index (χ1) is 14.8. The number of likely N-dealkylation sites (tertiary alicyclic amines) is 1. The van der Waals surface area contributed by atoms with Crippen LogP contribution in [0.1, 0.15) is 48.5 Å². The van der Waals surface area contributed by atoms with Gasteiger partial charge >= 0.3 is 0 Å². The van der Waals surface area contributed by atoms with Crippen molar-refractivity contribution in [2.24, 2.45) is 5.92 Å². The molecule has 7 nitrogen and oxygen atoms in total. The lowest BCUT2D eigenvalue weighted by atomic mass is 9.93. The van der Waals surface area contributed by atoms with Crippen molar-refractivity contribution in [2.75, 3.05) is 31.7 Å². The van der Waals surface area contributed by atoms with Crippen LogP contribution in [0.15, 0.2) is 42.6 Å². The summed E-state index contributed by atoms with van der Waals surface area (Å²) in [7, 11) is 0. The maximum atomic E-state index is 12.8. The van der Waals surface area contributed by atoms with Crippen molar-refractivity contribution in [1.82, 2.24) is 14.7 Å². The molecular weight excluding hydrogens is 380 g/mol. The monoisotopic (exact) mass is 408 g/mol. The second kappa shape index (κ2) is 8.52. The number of carbonyl (C=O) groups is 1. The molecule has 1 aromatic carbocycles. The van der Waals surface area contributed by atoms with Crippen LogP contribution in [0.25, 0.3) is 0 Å². The largest absolute Gasteiger partial charge is 0.454 e. The number of hydrogen-bond donors (Lipinski definition) is 1. The van der Waals surface area contributed by atoms with Gasteiger partial charge in [-0.2, -0.15) is 5.10 Å². The standard InChI is InChI=1S/C23H28N4O3/c28-23(18-6-7-20-21(14-18)30-16-29-20)25-22-8-11-24-27(22)19-9-12-26(13-10-19)15-17-4-2-1-3-5-17/h1-2,6-8,11,14,17,19H,3-5,9-10,12-13,15-16H2,(H,25,28)/t17-/m0/s1. The molecule has 0 saturated carbocycles. The molecule has 0 bridgehead atoms. The van der Waals surface area contributed by atoms with Gasteiger partial charge in [0.2, 0.25) is 6.79 Å². The third-order valence-electron chi connectivity index (χ3n) is 6.34. The van der Waals surface area contributed by atoms with E-state index in [4.69, 9.17) is 9.47 Å². The van der Waals surface area contributed by atoms with Gasteiger partial charge in [0, 0.05) is 31.3 Å². The maximum absolute atomic E-state index is 12.8. The summed E-state index contributed by atoms with van der Waals surface area (Å²) in [6.45, 7) is 3.56. The molecule has 1 aliphatic carbocycles. The average molecular weight is 409 g/mol. The molecule has 7 heteroatoms. The maximum Gasteiger partial charge on any atom is 0.256 e. The molecule has 1 N–H and O–H groups in total. The summed E-state index contributed by atoms with van der Waals surface area (Å²) in [5, 5.41) is 7.53. The number of aromatic nitrogens is 2. The van der Waals surface area contributed by atoms with Crippen LogP contribution in [0.3, 0.4) is 0 Å². The molecule has 2 aromatic rings. The van der Waals surface area contributed by atoms with E-state index in [-0.39, 0.29) is 12.7 Å². The molecule has 1 aromatic heterocycles. The minimum atomic E-state index is -0.169. The van der Waals surface area contributed by atoms with Gasteiger partial charge in [-0.15, -0.1) is 0 Å². The van der Waals surface area contributed by atoms with Crippen LogP contribution in [-0.2, 0) is 0 Å². The van der Waals surface area contributed by atoms with E-state index in [0.717, 1.165) is 37.7 Å². The Bertz CT molecular complexity index is 930. The van der Waals surface area contributed by atoms with E-state index in [0.29, 0.717) is 23.1 Å². The summed E-state index contributed by atoms with van der Waals surface area (Å²) in [4.78, 5) is 15.3. The topological polar surface area (TPSA) is 68.6 Å². The quantitative estimate of drug-likeness (QED) is 0.761. The lowest BCUT2D eigenvalue weighted by Crippen LogP contribution is -2.38. The fraction of sp³-hybridized carbons (Fsp3) is 0.478. The number of carbonyl (C=O) groups excluding carboxylic acids is 1. The number of amides is 1. The van der Waals surface area contributed by atoms with E-state index in [1.54, 1.807) is 24.4 Å². The third kappa shape index (κ3) is 4.07. The van der Waals surface area contributed by atoms with Gasteiger partial charge in [-0.25, -0.2) is 4.68 Å². The Morgan fingerprint density at radius 2 is 1.97 bits per heavy atom. The summed E-state index contributed by atoms with van der Waals surface area (Å²) < 4.78 is 12.7. The first-order valence-electron chi connectivity index (χ1n) is 10.9. The summed E-state index contributed by atoms with van der Waals surface area (Å²) >= 11 is 0. The molecule has 3 heterocycles. The second-order valence-electron chi connectivity index (χ2n) is 8.37. The molecule has 3 aliphatic rings. The Hall–Kier alpha value is -2.80. The highest BCUT2D eigenvalue weighted by molar-refractivity contribution is 6.04. The predicted molar refractivity (Wildman–Crippen MR) is 114 cm³/mol. The minimum Gasteiger partial charge on any atom is -0.454 e. The lowest BCUT2D eigenvalue weighted by Gasteiger charge is -2.35. The second-order valence-corrected chi connectivity index (χ2v) is 8.37. The zero-order chi connectivity index (χ0) is 20.3. The average Bonchev–Trinajstić information content (AvgIpc) is 3.44. The van der Waals surface area contributed by atoms with Crippen molar-refractivity contribution >= 4 is 11.7 Å². The highest BCUT2D eigenvalue weighted by Crippen LogP contribution is 2.33. The van der Waals surface area contributed by atoms with E-state index < -0.39 is 0 Å². The molecule has 1 amide bonds. The Morgan fingerprint density at radius 3 is 2.80 bits per heavy atom. The van der Waals surface area contributed by atoms with Crippen LogP contribution in [0, 0.1) is 5.92 Å². The smallest absolute Gasteiger partial charge is 0.256 e. The van der Waals surface area contributed by atoms with E-state index >= 15 is 0 Å². The molecule has 0 unspecified atom stereocenters. The number of anilines is 1. The van der Waals surface area contributed by atoms with Gasteiger partial charge in [0.1, 0.15) is 5.82 Å². The fourth-order valence-electron chi connectivity index (χ4n) is 4.66. The van der Waals surface area contributed by atoms with Gasteiger partial charge in [0.25, 0.3) is 5.91 Å². The van der Waals surface area contributed by atoms with Crippen LogP contribution in [0.5, 0.6) is 11.5 Å². The Labute approximate surface area is 176 Å². The molecule has 30 heavy (non-hydrogen) atoms. The number of rotatable bonds is 5. The number of nitrogens with zero attached hydrogens (tertiary/aromatic N) is 3. The summed E-state index contributed by atoms with van der Waals surface area (Å²) in [6, 6.07) is 7.42. The van der Waals surface area contributed by atoms with Crippen LogP contribution < -0.4 is 14.8 Å². The first-order valence-corrected chi connectivity index (χ1v) is 10.9. The molecule has 2 aliphatic heterocycles. The first kappa shape index (κ1) is 19.2. The Morgan fingerprint density at radius 1 is 1.10 bits per heavy atom. The number of nitrogens with one attached hydrogen (secondary N) is 1. The van der Waals surface area contributed by atoms with E-state index in [1.807, 2.05) is 10.7 Å². The lowest BCUT2D eigenvalue weighted by molar-refractivity contribution is 0.102. The molecule has 1 fully saturated rings. The van der Waals surface area contributed by atoms with Crippen LogP contribution in [-0.4, -0.2) is 47.0 Å². The summed E-state index contributed by atoms with van der Waals surface area (Å²) in [5.74, 6) is 2.66. The molecular formula is C23H28N4O3. The normalized spacial score (nSPS) is 21.7. The van der Waals surface area contributed by atoms with Crippen LogP contribution in [0.4, 0.5) is 5.82 Å². The van der Waals surface area contributed by atoms with Gasteiger partial charge in [-0.05, 0) is 56.2 Å². The minimum absolute atomic E-state index is 0.169. The van der Waals surface area contributed by atoms with Crippen LogP contribution in [0.2, 0.25) is 0 Å². The fourth-order valence-corrected chi connectivity index (χ4v) is 4.66. The van der Waals surface area contributed by atoms with Crippen molar-refractivity contribution in [3.8, 4) is 11.5 Å². The Kier molecular flexibility index (Phi) is 5.45. The van der Waals surface area contributed by atoms with Gasteiger partial charge in [0.15, 0.2) is 11.5 Å². The van der Waals surface area contributed by atoms with Gasteiger partial charge < -0.3 is 19.7 Å². The highest BCUT2D eigenvalue weighted by Gasteiger charge is 2.25. The van der Waals surface area contributed by atoms with E-state index in [2.05, 4.69) is 27.5 Å². The van der Waals surface area contributed by atoms with Crippen LogP contribution >= 0.6 is 0 Å². The number of benzene rings is 1. The highest BCUT2D eigenvalue weighted by atomic mass is 16.7. The number of piperidine rings is 1. The van der Waals surface area contributed by atoms with E-state index in [1.165, 1.54) is 25.8 Å². The third-order valence-corrected chi connectivity index (χ3v) is 6.34. The number of hydrogen-bond acceptors (Lipinski definition) is 5. The number of allylic oxidation sites excluding steroid dienone is 2. The van der Waals surface area contributed by atoms with Crippen molar-refractivity contribution in [2.45, 2.75) is 38.1 Å². The van der Waals surface area contributed by atoms with Gasteiger partial charge in [-0.1, -0.05) is 12.2 Å². The van der Waals surface area contributed by atoms with Crippen molar-refractivity contribution in [3.05, 3.63) is 48.2 Å². The zero-order valence-electron chi connectivity index (χ0n) is 17.1.